The van der Waals surface area contributed by atoms with E-state index >= 15 is 0 Å². The zero-order valence-corrected chi connectivity index (χ0v) is 25.8. The molecule has 3 rings (SSSR count). The third kappa shape index (κ3) is 179. The Labute approximate surface area is 236 Å². The highest BCUT2D eigenvalue weighted by molar-refractivity contribution is 7.07. The number of hydrogen-bond donors (Lipinski definition) is 1. The van der Waals surface area contributed by atoms with E-state index in [1.54, 1.807) is 23.9 Å². The maximum atomic E-state index is 4.58. The number of furan rings is 1. The lowest BCUT2D eigenvalue weighted by Crippen LogP contribution is -1.66. The summed E-state index contributed by atoms with van der Waals surface area (Å²) in [6, 6.07) is 11.6. The van der Waals surface area contributed by atoms with E-state index in [2.05, 4.69) is 71.7 Å². The first kappa shape index (κ1) is 59.4. The lowest BCUT2D eigenvalue weighted by Gasteiger charge is -1.79. The minimum Gasteiger partial charge on any atom is -0.473 e. The van der Waals surface area contributed by atoms with Crippen LogP contribution in [0.3, 0.4) is 0 Å². The van der Waals surface area contributed by atoms with Crippen LogP contribution in [0.1, 0.15) is 126 Å². The van der Waals surface area contributed by atoms with Crippen LogP contribution in [0.2, 0.25) is 0 Å². The molecule has 3 heteroatoms. The number of hydrogen-bond acceptors (Lipinski definition) is 2. The molecule has 0 unspecified atom stereocenters. The van der Waals surface area contributed by atoms with Gasteiger partial charge in [0.25, 0.3) is 0 Å². The number of H-pyrrole nitrogens is 1. The number of aromatic nitrogens is 1. The first-order valence-electron chi connectivity index (χ1n) is 12.7. The molecule has 0 saturated carbocycles. The molecule has 0 radical (unpaired) electrons. The molecule has 2 nitrogen and oxygen atoms in total. The Morgan fingerprint density at radius 2 is 0.722 bits per heavy atom. The van der Waals surface area contributed by atoms with Gasteiger partial charge in [-0.15, -0.1) is 0 Å². The van der Waals surface area contributed by atoms with Gasteiger partial charge in [-0.25, -0.2) is 0 Å². The molecule has 3 aromatic heterocycles. The summed E-state index contributed by atoms with van der Waals surface area (Å²) in [5.41, 5.74) is 0. The van der Waals surface area contributed by atoms with E-state index in [0.29, 0.717) is 0 Å². The topological polar surface area (TPSA) is 28.9 Å². The fourth-order valence-electron chi connectivity index (χ4n) is 0.731. The fourth-order valence-corrected chi connectivity index (χ4v) is 1.18. The predicted octanol–water partition coefficient (Wildman–Crippen LogP) is 14.0. The van der Waals surface area contributed by atoms with Crippen molar-refractivity contribution in [3.63, 3.8) is 0 Å². The molecule has 222 valence electrons. The SMILES string of the molecule is C.C.C.CC.CC.CC.CC(C)C.CC(C)C.CC(C)C.c1cc[nH]c1.c1ccoc1.c1ccsc1. The van der Waals surface area contributed by atoms with Crippen molar-refractivity contribution in [2.24, 2.45) is 17.8 Å². The molecule has 0 aliphatic carbocycles. The summed E-state index contributed by atoms with van der Waals surface area (Å²) >= 11 is 1.71. The average Bonchev–Trinajstić information content (AvgIpc) is 3.59. The van der Waals surface area contributed by atoms with Crippen molar-refractivity contribution in [1.29, 1.82) is 0 Å². The van der Waals surface area contributed by atoms with Gasteiger partial charge in [-0.3, -0.25) is 0 Å². The first-order valence-corrected chi connectivity index (χ1v) is 13.7. The number of nitrogens with one attached hydrogen (secondary N) is 1. The van der Waals surface area contributed by atoms with Gasteiger partial charge in [0.05, 0.1) is 12.5 Å². The van der Waals surface area contributed by atoms with Crippen molar-refractivity contribution in [3.8, 4) is 0 Å². The monoisotopic (exact) mass is 532 g/mol. The van der Waals surface area contributed by atoms with Crippen LogP contribution >= 0.6 is 11.3 Å². The van der Waals surface area contributed by atoms with Crippen LogP contribution in [0.4, 0.5) is 0 Å². The normalized spacial score (nSPS) is 6.83. The Bertz CT molecular complexity index is 347. The molecule has 3 heterocycles. The van der Waals surface area contributed by atoms with Gasteiger partial charge in [-0.05, 0) is 52.8 Å². The lowest BCUT2D eigenvalue weighted by atomic mass is 10.3. The molecule has 0 aromatic carbocycles. The van der Waals surface area contributed by atoms with E-state index < -0.39 is 0 Å². The largest absolute Gasteiger partial charge is 0.473 e. The van der Waals surface area contributed by atoms with Gasteiger partial charge in [-0.2, -0.15) is 11.3 Å². The van der Waals surface area contributed by atoms with Crippen molar-refractivity contribution in [2.45, 2.75) is 126 Å². The van der Waals surface area contributed by atoms with Gasteiger partial charge in [0.2, 0.25) is 0 Å². The second-order valence-corrected chi connectivity index (χ2v) is 8.48. The Kier molecular flexibility index (Phi) is 115. The van der Waals surface area contributed by atoms with Gasteiger partial charge in [0, 0.05) is 12.4 Å². The quantitative estimate of drug-likeness (QED) is 0.307. The van der Waals surface area contributed by atoms with Crippen molar-refractivity contribution < 1.29 is 4.42 Å². The Morgan fingerprint density at radius 1 is 0.472 bits per heavy atom. The van der Waals surface area contributed by atoms with Gasteiger partial charge in [-0.1, -0.05) is 138 Å². The smallest absolute Gasteiger partial charge is 0.0902 e. The van der Waals surface area contributed by atoms with Gasteiger partial charge < -0.3 is 9.40 Å². The van der Waals surface area contributed by atoms with Crippen LogP contribution in [0.25, 0.3) is 0 Å². The number of rotatable bonds is 0. The zero-order chi connectivity index (χ0) is 27.3. The predicted molar refractivity (Wildman–Crippen MR) is 180 cm³/mol. The second kappa shape index (κ2) is 69.9. The first-order chi connectivity index (χ1) is 15.7. The maximum absolute atomic E-state index is 4.58. The average molecular weight is 532 g/mol. The van der Waals surface area contributed by atoms with Gasteiger partial charge in [0.1, 0.15) is 0 Å². The number of thiophene rings is 1. The van der Waals surface area contributed by atoms with Gasteiger partial charge >= 0.3 is 0 Å². The van der Waals surface area contributed by atoms with Crippen LogP contribution in [-0.2, 0) is 0 Å². The minimum atomic E-state index is 0. The highest BCUT2D eigenvalue weighted by Crippen LogP contribution is 1.91. The molecule has 36 heavy (non-hydrogen) atoms. The molecule has 0 atom stereocenters. The fraction of sp³-hybridized carbons (Fsp3) is 0.636. The Hall–Kier alpha value is -1.74. The number of aromatic amines is 1. The van der Waals surface area contributed by atoms with Crippen LogP contribution in [0, 0.1) is 17.8 Å². The molecule has 0 amide bonds. The van der Waals surface area contributed by atoms with Crippen LogP contribution in [0.15, 0.2) is 76.5 Å². The summed E-state index contributed by atoms with van der Waals surface area (Å²) in [4.78, 5) is 2.86. The van der Waals surface area contributed by atoms with E-state index in [0.717, 1.165) is 17.8 Å². The van der Waals surface area contributed by atoms with Crippen LogP contribution in [0.5, 0.6) is 0 Å². The van der Waals surface area contributed by atoms with Crippen molar-refractivity contribution >= 4 is 11.3 Å². The third-order valence-electron chi connectivity index (χ3n) is 1.35. The summed E-state index contributed by atoms with van der Waals surface area (Å²) in [6.07, 6.45) is 7.00. The summed E-state index contributed by atoms with van der Waals surface area (Å²) < 4.78 is 4.58. The molecule has 0 saturated heterocycles. The maximum Gasteiger partial charge on any atom is 0.0902 e. The van der Waals surface area contributed by atoms with Crippen molar-refractivity contribution in [2.75, 3.05) is 0 Å². The highest BCUT2D eigenvalue weighted by atomic mass is 32.1. The summed E-state index contributed by atoms with van der Waals surface area (Å²) in [5.74, 6) is 2.50. The van der Waals surface area contributed by atoms with E-state index in [9.17, 15) is 0 Å². The van der Waals surface area contributed by atoms with E-state index in [1.165, 1.54) is 0 Å². The molecule has 3 aromatic rings. The van der Waals surface area contributed by atoms with Crippen molar-refractivity contribution in [3.05, 3.63) is 72.1 Å². The molecular formula is C33H73NOS. The van der Waals surface area contributed by atoms with Crippen LogP contribution in [-0.4, -0.2) is 4.98 Å². The molecule has 1 N–H and O–H groups in total. The molecule has 0 fully saturated rings. The van der Waals surface area contributed by atoms with E-state index in [1.807, 2.05) is 101 Å². The lowest BCUT2D eigenvalue weighted by molar-refractivity contribution is 0.567. The minimum absolute atomic E-state index is 0. The summed E-state index contributed by atoms with van der Waals surface area (Å²) in [6.45, 7) is 31.5. The third-order valence-corrected chi connectivity index (χ3v) is 1.98. The molecule has 0 bridgehead atoms. The van der Waals surface area contributed by atoms with Crippen molar-refractivity contribution in [1.82, 2.24) is 4.98 Å². The van der Waals surface area contributed by atoms with E-state index in [-0.39, 0.29) is 22.3 Å². The van der Waals surface area contributed by atoms with Crippen LogP contribution < -0.4 is 0 Å². The Balaban J connectivity index is -0.0000000329. The molecule has 0 aliphatic rings. The molecule has 0 spiro atoms. The zero-order valence-electron chi connectivity index (χ0n) is 25.0. The Morgan fingerprint density at radius 3 is 0.806 bits per heavy atom. The molecular weight excluding hydrogens is 458 g/mol. The van der Waals surface area contributed by atoms with E-state index in [4.69, 9.17) is 0 Å². The highest BCUT2D eigenvalue weighted by Gasteiger charge is 1.69. The summed E-state index contributed by atoms with van der Waals surface area (Å²) in [7, 11) is 0. The molecule has 0 aliphatic heterocycles. The standard InChI is InChI=1S/C4H5N.C4H4O.C4H4S.3C4H10.3C2H6.3CH4/c3*1-2-4-5-3-1;3*1-4(2)3;3*1-2;;;/h1-5H;2*1-4H;3*4H,1-3H3;3*1-2H3;3*1H4. The van der Waals surface area contributed by atoms with Gasteiger partial charge in [0.15, 0.2) is 0 Å². The second-order valence-electron chi connectivity index (χ2n) is 7.67. The summed E-state index contributed by atoms with van der Waals surface area (Å²) in [5, 5.41) is 4.08.